The summed E-state index contributed by atoms with van der Waals surface area (Å²) in [6.45, 7) is -0.238. The molecule has 4 aromatic carbocycles. The Kier molecular flexibility index (Phi) is 10.6. The van der Waals surface area contributed by atoms with Gasteiger partial charge in [-0.25, -0.2) is 13.8 Å². The Balaban J connectivity index is 1.48. The molecule has 0 heterocycles. The first-order valence-corrected chi connectivity index (χ1v) is 15.8. The van der Waals surface area contributed by atoms with Gasteiger partial charge in [0.15, 0.2) is 11.5 Å². The van der Waals surface area contributed by atoms with Crippen LogP contribution in [0.4, 0.5) is 5.69 Å². The summed E-state index contributed by atoms with van der Waals surface area (Å²) < 4.78 is 40.9. The average Bonchev–Trinajstić information content (AvgIpc) is 2.97. The number of hydrogen-bond acceptors (Lipinski definition) is 6. The van der Waals surface area contributed by atoms with E-state index in [-0.39, 0.29) is 11.5 Å². The summed E-state index contributed by atoms with van der Waals surface area (Å²) in [5.74, 6) is 0.302. The monoisotopic (exact) mass is 767 g/mol. The first-order valence-electron chi connectivity index (χ1n) is 12.1. The number of carbonyl (C=O) groups is 1. The van der Waals surface area contributed by atoms with Gasteiger partial charge in [0.25, 0.3) is 15.9 Å². The average molecular weight is 769 g/mol. The minimum absolute atomic E-state index is 0.0728. The topological polar surface area (TPSA) is 97.3 Å². The number of nitrogens with one attached hydrogen (secondary N) is 1. The van der Waals surface area contributed by atoms with Gasteiger partial charge in [-0.2, -0.15) is 5.10 Å². The predicted molar refractivity (Wildman–Crippen MR) is 172 cm³/mol. The Bertz CT molecular complexity index is 1660. The van der Waals surface area contributed by atoms with Crippen molar-refractivity contribution in [1.29, 1.82) is 0 Å². The van der Waals surface area contributed by atoms with Gasteiger partial charge in [0, 0.05) is 14.2 Å². The number of ether oxygens (including phenoxy) is 2. The van der Waals surface area contributed by atoms with Gasteiger partial charge in [-0.15, -0.1) is 0 Å². The van der Waals surface area contributed by atoms with Crippen LogP contribution < -0.4 is 19.2 Å². The molecule has 0 spiro atoms. The lowest BCUT2D eigenvalue weighted by Crippen LogP contribution is -2.39. The number of halogens is 3. The van der Waals surface area contributed by atoms with Crippen LogP contribution in [0.15, 0.2) is 105 Å². The third-order valence-corrected chi connectivity index (χ3v) is 9.18. The molecule has 0 aliphatic carbocycles. The van der Waals surface area contributed by atoms with E-state index in [0.717, 1.165) is 13.4 Å². The highest BCUT2D eigenvalue weighted by Gasteiger charge is 2.27. The van der Waals surface area contributed by atoms with Crippen LogP contribution in [0.1, 0.15) is 11.1 Å². The van der Waals surface area contributed by atoms with Gasteiger partial charge in [-0.3, -0.25) is 9.10 Å². The molecule has 12 heteroatoms. The fourth-order valence-electron chi connectivity index (χ4n) is 3.71. The lowest BCUT2D eigenvalue weighted by atomic mass is 10.2. The van der Waals surface area contributed by atoms with Crippen LogP contribution in [0.25, 0.3) is 0 Å². The Hall–Kier alpha value is -3.13. The van der Waals surface area contributed by atoms with Gasteiger partial charge in [0.1, 0.15) is 13.2 Å². The number of rotatable bonds is 11. The molecule has 0 radical (unpaired) electrons. The quantitative estimate of drug-likeness (QED) is 0.105. The van der Waals surface area contributed by atoms with Crippen molar-refractivity contribution in [3.05, 3.63) is 115 Å². The second-order valence-electron chi connectivity index (χ2n) is 8.51. The number of hydrazone groups is 1. The van der Waals surface area contributed by atoms with Crippen LogP contribution in [0, 0.1) is 3.57 Å². The fraction of sp³-hybridized carbons (Fsp3) is 0.103. The van der Waals surface area contributed by atoms with E-state index >= 15 is 0 Å². The maximum atomic E-state index is 13.4. The molecule has 0 aliphatic heterocycles. The van der Waals surface area contributed by atoms with Gasteiger partial charge in [-0.1, -0.05) is 48.0 Å². The van der Waals surface area contributed by atoms with Gasteiger partial charge in [0.2, 0.25) is 0 Å². The molecule has 212 valence electrons. The van der Waals surface area contributed by atoms with E-state index in [9.17, 15) is 13.2 Å². The van der Waals surface area contributed by atoms with Crippen LogP contribution in [0.2, 0.25) is 5.02 Å². The summed E-state index contributed by atoms with van der Waals surface area (Å²) in [5, 5.41) is 4.62. The lowest BCUT2D eigenvalue weighted by Gasteiger charge is -2.23. The summed E-state index contributed by atoms with van der Waals surface area (Å²) in [7, 11) is -2.50. The van der Waals surface area contributed by atoms with Crippen molar-refractivity contribution in [2.24, 2.45) is 5.10 Å². The summed E-state index contributed by atoms with van der Waals surface area (Å²) in [6, 6.07) is 25.6. The third-order valence-electron chi connectivity index (χ3n) is 5.72. The Morgan fingerprint density at radius 2 is 1.73 bits per heavy atom. The molecule has 0 aromatic heterocycles. The first-order chi connectivity index (χ1) is 19.7. The maximum Gasteiger partial charge on any atom is 0.264 e. The van der Waals surface area contributed by atoms with E-state index in [1.54, 1.807) is 60.7 Å². The van der Waals surface area contributed by atoms with Crippen molar-refractivity contribution in [3.8, 4) is 11.5 Å². The predicted octanol–water partition coefficient (Wildman–Crippen LogP) is 6.64. The third kappa shape index (κ3) is 8.00. The largest absolute Gasteiger partial charge is 0.493 e. The highest BCUT2D eigenvalue weighted by Crippen LogP contribution is 2.37. The summed E-state index contributed by atoms with van der Waals surface area (Å²) in [6.07, 6.45) is 1.42. The normalized spacial score (nSPS) is 11.3. The summed E-state index contributed by atoms with van der Waals surface area (Å²) in [5.41, 5.74) is 4.19. The molecule has 0 fully saturated rings. The molecule has 0 saturated heterocycles. The molecule has 0 aliphatic rings. The van der Waals surface area contributed by atoms with Crippen molar-refractivity contribution in [3.63, 3.8) is 0 Å². The number of sulfonamides is 1. The van der Waals surface area contributed by atoms with Gasteiger partial charge in [-0.05, 0) is 98.7 Å². The SMILES string of the molecule is COc1cc(/C=N\NC(=O)CN(c2ccc(I)cc2)S(=O)(=O)c2ccccc2)cc(Br)c1OCc1ccccc1Cl. The molecule has 1 amide bonds. The zero-order valence-electron chi connectivity index (χ0n) is 21.6. The molecule has 8 nitrogen and oxygen atoms in total. The Morgan fingerprint density at radius 3 is 2.41 bits per heavy atom. The van der Waals surface area contributed by atoms with Crippen molar-refractivity contribution in [2.45, 2.75) is 11.5 Å². The first kappa shape index (κ1) is 30.8. The number of hydrogen-bond donors (Lipinski definition) is 1. The zero-order valence-corrected chi connectivity index (χ0v) is 26.9. The molecule has 0 atom stereocenters. The van der Waals surface area contributed by atoms with Crippen LogP contribution in [-0.2, 0) is 21.4 Å². The van der Waals surface area contributed by atoms with Crippen molar-refractivity contribution < 1.29 is 22.7 Å². The summed E-state index contributed by atoms with van der Waals surface area (Å²) in [4.78, 5) is 12.9. The van der Waals surface area contributed by atoms with Crippen LogP contribution in [-0.4, -0.2) is 34.2 Å². The smallest absolute Gasteiger partial charge is 0.264 e. The van der Waals surface area contributed by atoms with Gasteiger partial charge < -0.3 is 9.47 Å². The second-order valence-corrected chi connectivity index (χ2v) is 12.9. The van der Waals surface area contributed by atoms with Crippen molar-refractivity contribution in [1.82, 2.24) is 5.43 Å². The van der Waals surface area contributed by atoms with Crippen LogP contribution in [0.5, 0.6) is 11.5 Å². The molecule has 41 heavy (non-hydrogen) atoms. The highest BCUT2D eigenvalue weighted by atomic mass is 127. The van der Waals surface area contributed by atoms with E-state index < -0.39 is 22.5 Å². The highest BCUT2D eigenvalue weighted by molar-refractivity contribution is 14.1. The molecular formula is C29H24BrClIN3O5S. The Morgan fingerprint density at radius 1 is 1.05 bits per heavy atom. The molecule has 0 saturated carbocycles. The fourth-order valence-corrected chi connectivity index (χ4v) is 6.27. The molecule has 0 unspecified atom stereocenters. The molecular weight excluding hydrogens is 745 g/mol. The minimum atomic E-state index is -4.01. The number of anilines is 1. The number of benzene rings is 4. The number of carbonyl (C=O) groups excluding carboxylic acids is 1. The van der Waals surface area contributed by atoms with Gasteiger partial charge >= 0.3 is 0 Å². The summed E-state index contributed by atoms with van der Waals surface area (Å²) >= 11 is 11.9. The van der Waals surface area contributed by atoms with Crippen molar-refractivity contribution in [2.75, 3.05) is 18.0 Å². The standard InChI is InChI=1S/C29H24BrClIN3O5S/c1-39-27-16-20(15-25(30)29(27)40-19-21-7-5-6-10-26(21)31)17-33-34-28(36)18-35(23-13-11-22(32)12-14-23)41(37,38)24-8-3-2-4-9-24/h2-17H,18-19H2,1H3,(H,34,36)/b33-17-. The molecule has 4 aromatic rings. The zero-order chi connectivity index (χ0) is 29.4. The van der Waals surface area contributed by atoms with E-state index in [0.29, 0.717) is 32.2 Å². The number of methoxy groups -OCH3 is 1. The van der Waals surface area contributed by atoms with E-state index in [2.05, 4.69) is 49.0 Å². The van der Waals surface area contributed by atoms with E-state index in [1.165, 1.54) is 25.5 Å². The molecule has 0 bridgehead atoms. The molecule has 4 rings (SSSR count). The molecule has 1 N–H and O–H groups in total. The van der Waals surface area contributed by atoms with E-state index in [1.807, 2.05) is 18.2 Å². The van der Waals surface area contributed by atoms with Crippen LogP contribution >= 0.6 is 50.1 Å². The van der Waals surface area contributed by atoms with Crippen molar-refractivity contribution >= 4 is 78.0 Å². The van der Waals surface area contributed by atoms with E-state index in [4.69, 9.17) is 21.1 Å². The number of nitrogens with zero attached hydrogens (tertiary/aromatic N) is 2. The van der Waals surface area contributed by atoms with Gasteiger partial charge in [0.05, 0.1) is 28.4 Å². The van der Waals surface area contributed by atoms with Crippen LogP contribution in [0.3, 0.4) is 0 Å². The lowest BCUT2D eigenvalue weighted by molar-refractivity contribution is -0.119. The number of amides is 1. The maximum absolute atomic E-state index is 13.4. The minimum Gasteiger partial charge on any atom is -0.493 e. The second kappa shape index (κ2) is 14.2. The Labute approximate surface area is 265 Å².